The number of furan rings is 1. The maximum Gasteiger partial charge on any atom is 0.371 e. The summed E-state index contributed by atoms with van der Waals surface area (Å²) in [6.45, 7) is 3.49. The second kappa shape index (κ2) is 7.71. The molecule has 1 aromatic heterocycles. The van der Waals surface area contributed by atoms with Gasteiger partial charge in [-0.05, 0) is 44.2 Å². The lowest BCUT2D eigenvalue weighted by Gasteiger charge is -2.21. The fraction of sp³-hybridized carbons (Fsp3) is 0.294. The van der Waals surface area contributed by atoms with Crippen molar-refractivity contribution in [1.82, 2.24) is 9.62 Å². The van der Waals surface area contributed by atoms with Crippen LogP contribution in [0, 0.1) is 0 Å². The van der Waals surface area contributed by atoms with E-state index in [-0.39, 0.29) is 34.6 Å². The van der Waals surface area contributed by atoms with Crippen LogP contribution in [0.25, 0.3) is 0 Å². The van der Waals surface area contributed by atoms with Crippen molar-refractivity contribution in [1.29, 1.82) is 0 Å². The van der Waals surface area contributed by atoms with Gasteiger partial charge in [0.25, 0.3) is 5.91 Å². The van der Waals surface area contributed by atoms with Crippen LogP contribution < -0.4 is 5.32 Å². The summed E-state index contributed by atoms with van der Waals surface area (Å²) in [5.74, 6) is -1.64. The molecule has 2 N–H and O–H groups in total. The Balaban J connectivity index is 2.13. The predicted molar refractivity (Wildman–Crippen MR) is 93.4 cm³/mol. The van der Waals surface area contributed by atoms with Gasteiger partial charge in [-0.1, -0.05) is 6.07 Å². The minimum absolute atomic E-state index is 0.0189. The molecular formula is C17H20N2O6S. The Morgan fingerprint density at radius 3 is 2.50 bits per heavy atom. The number of nitrogens with zero attached hydrogens (tertiary/aromatic N) is 1. The second-order valence-electron chi connectivity index (χ2n) is 5.90. The molecule has 0 atom stereocenters. The van der Waals surface area contributed by atoms with Gasteiger partial charge in [0.15, 0.2) is 0 Å². The largest absolute Gasteiger partial charge is 0.475 e. The van der Waals surface area contributed by atoms with E-state index in [0.717, 1.165) is 0 Å². The van der Waals surface area contributed by atoms with E-state index in [0.29, 0.717) is 0 Å². The molecular weight excluding hydrogens is 360 g/mol. The Morgan fingerprint density at radius 2 is 1.92 bits per heavy atom. The summed E-state index contributed by atoms with van der Waals surface area (Å²) >= 11 is 0. The molecule has 2 rings (SSSR count). The molecule has 1 aromatic carbocycles. The number of hydrogen-bond acceptors (Lipinski definition) is 5. The van der Waals surface area contributed by atoms with Gasteiger partial charge in [-0.3, -0.25) is 4.79 Å². The van der Waals surface area contributed by atoms with Crippen LogP contribution in [0.4, 0.5) is 0 Å². The zero-order valence-electron chi connectivity index (χ0n) is 14.6. The van der Waals surface area contributed by atoms with Crippen molar-refractivity contribution in [2.45, 2.75) is 31.3 Å². The molecule has 0 unspecified atom stereocenters. The molecule has 0 spiro atoms. The summed E-state index contributed by atoms with van der Waals surface area (Å²) in [5.41, 5.74) is 0.174. The average Bonchev–Trinajstić information content (AvgIpc) is 3.08. The summed E-state index contributed by atoms with van der Waals surface area (Å²) in [7, 11) is -2.22. The molecule has 0 saturated heterocycles. The van der Waals surface area contributed by atoms with Crippen molar-refractivity contribution in [2.24, 2.45) is 0 Å². The molecule has 0 aliphatic heterocycles. The number of aromatic carboxylic acids is 1. The van der Waals surface area contributed by atoms with Crippen LogP contribution in [-0.4, -0.2) is 42.8 Å². The van der Waals surface area contributed by atoms with Crippen LogP contribution in [0.5, 0.6) is 0 Å². The van der Waals surface area contributed by atoms with Crippen molar-refractivity contribution in [2.75, 3.05) is 7.05 Å². The van der Waals surface area contributed by atoms with Crippen molar-refractivity contribution in [3.8, 4) is 0 Å². The van der Waals surface area contributed by atoms with Gasteiger partial charge >= 0.3 is 5.97 Å². The minimum Gasteiger partial charge on any atom is -0.475 e. The van der Waals surface area contributed by atoms with Crippen LogP contribution in [0.3, 0.4) is 0 Å². The molecule has 0 aliphatic carbocycles. The highest BCUT2D eigenvalue weighted by Crippen LogP contribution is 2.18. The standard InChI is InChI=1S/C17H20N2O6S/c1-11(2)19(3)26(23,24)14-6-4-5-12(9-14)16(20)18-10-13-7-8-15(25-13)17(21)22/h4-9,11H,10H2,1-3H3,(H,18,20)(H,21,22). The SMILES string of the molecule is CC(C)N(C)S(=O)(=O)c1cccc(C(=O)NCc2ccc(C(=O)O)o2)c1. The summed E-state index contributed by atoms with van der Waals surface area (Å²) in [5, 5.41) is 11.4. The summed E-state index contributed by atoms with van der Waals surface area (Å²) in [6.07, 6.45) is 0. The van der Waals surface area contributed by atoms with Crippen LogP contribution >= 0.6 is 0 Å². The van der Waals surface area contributed by atoms with E-state index >= 15 is 0 Å². The molecule has 1 amide bonds. The summed E-state index contributed by atoms with van der Waals surface area (Å²) in [4.78, 5) is 23.1. The third-order valence-corrected chi connectivity index (χ3v) is 5.83. The highest BCUT2D eigenvalue weighted by atomic mass is 32.2. The van der Waals surface area contributed by atoms with Gasteiger partial charge in [-0.15, -0.1) is 0 Å². The van der Waals surface area contributed by atoms with E-state index < -0.39 is 21.9 Å². The third kappa shape index (κ3) is 4.30. The van der Waals surface area contributed by atoms with Crippen LogP contribution in [0.15, 0.2) is 45.7 Å². The van der Waals surface area contributed by atoms with Gasteiger partial charge in [0.1, 0.15) is 5.76 Å². The number of benzene rings is 1. The first-order valence-corrected chi connectivity index (χ1v) is 9.25. The van der Waals surface area contributed by atoms with E-state index in [1.165, 1.54) is 47.8 Å². The van der Waals surface area contributed by atoms with Crippen molar-refractivity contribution >= 4 is 21.9 Å². The average molecular weight is 380 g/mol. The second-order valence-corrected chi connectivity index (χ2v) is 7.89. The number of sulfonamides is 1. The monoisotopic (exact) mass is 380 g/mol. The third-order valence-electron chi connectivity index (χ3n) is 3.80. The van der Waals surface area contributed by atoms with Gasteiger partial charge in [0.05, 0.1) is 11.4 Å². The first-order valence-electron chi connectivity index (χ1n) is 7.81. The molecule has 0 fully saturated rings. The first kappa shape index (κ1) is 19.7. The fourth-order valence-electron chi connectivity index (χ4n) is 2.10. The Hall–Kier alpha value is -2.65. The zero-order chi connectivity index (χ0) is 19.5. The molecule has 9 heteroatoms. The molecule has 26 heavy (non-hydrogen) atoms. The Bertz CT molecular complexity index is 917. The lowest BCUT2D eigenvalue weighted by molar-refractivity contribution is 0.0660. The molecule has 1 heterocycles. The number of carbonyl (C=O) groups excluding carboxylic acids is 1. The Morgan fingerprint density at radius 1 is 1.23 bits per heavy atom. The quantitative estimate of drug-likeness (QED) is 0.758. The predicted octanol–water partition coefficient (Wildman–Crippen LogP) is 1.94. The molecule has 2 aromatic rings. The Labute approximate surface area is 151 Å². The van der Waals surface area contributed by atoms with Crippen LogP contribution in [-0.2, 0) is 16.6 Å². The van der Waals surface area contributed by atoms with Crippen molar-refractivity contribution in [3.63, 3.8) is 0 Å². The van der Waals surface area contributed by atoms with Crippen LogP contribution in [0.2, 0.25) is 0 Å². The lowest BCUT2D eigenvalue weighted by atomic mass is 10.2. The summed E-state index contributed by atoms with van der Waals surface area (Å²) < 4.78 is 31.3. The molecule has 0 bridgehead atoms. The topological polar surface area (TPSA) is 117 Å². The van der Waals surface area contributed by atoms with E-state index in [1.54, 1.807) is 13.8 Å². The van der Waals surface area contributed by atoms with Gasteiger partial charge in [-0.2, -0.15) is 4.31 Å². The van der Waals surface area contributed by atoms with Gasteiger partial charge in [0.2, 0.25) is 15.8 Å². The molecule has 8 nitrogen and oxygen atoms in total. The van der Waals surface area contributed by atoms with E-state index in [4.69, 9.17) is 9.52 Å². The number of nitrogens with one attached hydrogen (secondary N) is 1. The van der Waals surface area contributed by atoms with E-state index in [9.17, 15) is 18.0 Å². The Kier molecular flexibility index (Phi) is 5.83. The molecule has 0 aliphatic rings. The highest BCUT2D eigenvalue weighted by molar-refractivity contribution is 7.89. The van der Waals surface area contributed by atoms with Gasteiger partial charge < -0.3 is 14.8 Å². The first-order chi connectivity index (χ1) is 12.1. The smallest absolute Gasteiger partial charge is 0.371 e. The fourth-order valence-corrected chi connectivity index (χ4v) is 3.51. The summed E-state index contributed by atoms with van der Waals surface area (Å²) in [6, 6.07) is 8.23. The van der Waals surface area contributed by atoms with Crippen LogP contribution in [0.1, 0.15) is 40.5 Å². The molecule has 0 radical (unpaired) electrons. The maximum absolute atomic E-state index is 12.5. The number of carboxylic acids is 1. The lowest BCUT2D eigenvalue weighted by Crippen LogP contribution is -2.33. The number of hydrogen-bond donors (Lipinski definition) is 2. The minimum atomic E-state index is -3.70. The van der Waals surface area contributed by atoms with Crippen molar-refractivity contribution < 1.29 is 27.5 Å². The van der Waals surface area contributed by atoms with Gasteiger partial charge in [-0.25, -0.2) is 13.2 Å². The number of rotatable bonds is 7. The zero-order valence-corrected chi connectivity index (χ0v) is 15.4. The van der Waals surface area contributed by atoms with Crippen molar-refractivity contribution in [3.05, 3.63) is 53.5 Å². The molecule has 0 saturated carbocycles. The van der Waals surface area contributed by atoms with E-state index in [2.05, 4.69) is 5.32 Å². The number of amides is 1. The van der Waals surface area contributed by atoms with Gasteiger partial charge in [0, 0.05) is 18.7 Å². The number of carbonyl (C=O) groups is 2. The molecule has 140 valence electrons. The maximum atomic E-state index is 12.5. The number of carboxylic acid groups (broad SMARTS) is 1. The normalized spacial score (nSPS) is 11.7. The van der Waals surface area contributed by atoms with E-state index in [1.807, 2.05) is 0 Å². The highest BCUT2D eigenvalue weighted by Gasteiger charge is 2.24.